The van der Waals surface area contributed by atoms with Gasteiger partial charge in [0.1, 0.15) is 9.75 Å². The Morgan fingerprint density at radius 2 is 1.25 bits per heavy atom. The zero-order valence-corrected chi connectivity index (χ0v) is 17.6. The molecule has 0 bridgehead atoms. The van der Waals surface area contributed by atoms with E-state index in [0.29, 0.717) is 23.0 Å². The van der Waals surface area contributed by atoms with E-state index >= 15 is 0 Å². The highest BCUT2D eigenvalue weighted by Crippen LogP contribution is 2.46. The van der Waals surface area contributed by atoms with Crippen LogP contribution in [0.15, 0.2) is 21.1 Å². The van der Waals surface area contributed by atoms with E-state index in [9.17, 15) is 9.59 Å². The Morgan fingerprint density at radius 3 is 1.58 bits per heavy atom. The lowest BCUT2D eigenvalue weighted by Crippen LogP contribution is -2.01. The zero-order valence-electron chi connectivity index (χ0n) is 12.8. The van der Waals surface area contributed by atoms with Gasteiger partial charge in [0.15, 0.2) is 0 Å². The summed E-state index contributed by atoms with van der Waals surface area (Å²) in [7, 11) is 0. The molecule has 0 saturated carbocycles. The van der Waals surface area contributed by atoms with Crippen LogP contribution in [0.1, 0.15) is 33.2 Å². The van der Waals surface area contributed by atoms with Crippen molar-refractivity contribution in [2.75, 3.05) is 13.2 Å². The monoisotopic (exact) mass is 490 g/mol. The van der Waals surface area contributed by atoms with E-state index < -0.39 is 0 Å². The first-order valence-electron chi connectivity index (χ1n) is 7.16. The van der Waals surface area contributed by atoms with Gasteiger partial charge in [-0.3, -0.25) is 0 Å². The fourth-order valence-electron chi connectivity index (χ4n) is 2.28. The Kier molecular flexibility index (Phi) is 5.29. The third kappa shape index (κ3) is 3.00. The van der Waals surface area contributed by atoms with E-state index in [1.54, 1.807) is 13.8 Å². The molecule has 0 amide bonds. The predicted molar refractivity (Wildman–Crippen MR) is 105 cm³/mol. The SMILES string of the molecule is CCOC(=O)c1cc2c(Br)c3sc(C(=O)OCC)cc3c(Br)c2s1. The van der Waals surface area contributed by atoms with Crippen LogP contribution in [0.25, 0.3) is 20.2 Å². The first-order chi connectivity index (χ1) is 11.5. The van der Waals surface area contributed by atoms with E-state index in [-0.39, 0.29) is 11.9 Å². The molecule has 3 rings (SSSR count). The highest BCUT2D eigenvalue weighted by atomic mass is 79.9. The number of benzene rings is 1. The van der Waals surface area contributed by atoms with Gasteiger partial charge in [-0.05, 0) is 57.8 Å². The molecule has 4 nitrogen and oxygen atoms in total. The molecule has 0 N–H and O–H groups in total. The molecule has 0 spiro atoms. The number of carbonyl (C=O) groups is 2. The molecule has 0 radical (unpaired) electrons. The molecule has 0 saturated heterocycles. The standard InChI is InChI=1S/C16H12Br2O4S2/c1-3-21-15(19)9-5-7-11(17)14-8(12(18)13(7)23-9)6-10(24-14)16(20)22-4-2/h5-6H,3-4H2,1-2H3. The third-order valence-corrected chi connectivity index (χ3v) is 7.73. The summed E-state index contributed by atoms with van der Waals surface area (Å²) < 4.78 is 13.8. The van der Waals surface area contributed by atoms with Gasteiger partial charge in [0.2, 0.25) is 0 Å². The molecule has 2 aromatic heterocycles. The van der Waals surface area contributed by atoms with Crippen LogP contribution in [-0.4, -0.2) is 25.2 Å². The van der Waals surface area contributed by atoms with Crippen molar-refractivity contribution >= 4 is 86.6 Å². The molecule has 0 aliphatic carbocycles. The third-order valence-electron chi connectivity index (χ3n) is 3.29. The molecule has 0 aliphatic heterocycles. The highest BCUT2D eigenvalue weighted by molar-refractivity contribution is 9.11. The number of hydrogen-bond acceptors (Lipinski definition) is 6. The molecule has 126 valence electrons. The van der Waals surface area contributed by atoms with E-state index in [1.165, 1.54) is 22.7 Å². The number of esters is 2. The minimum atomic E-state index is -0.326. The largest absolute Gasteiger partial charge is 0.462 e. The van der Waals surface area contributed by atoms with Gasteiger partial charge in [-0.2, -0.15) is 0 Å². The number of hydrogen-bond donors (Lipinski definition) is 0. The van der Waals surface area contributed by atoms with Crippen LogP contribution in [0.2, 0.25) is 0 Å². The number of halogens is 2. The average Bonchev–Trinajstić information content (AvgIpc) is 3.18. The van der Waals surface area contributed by atoms with E-state index in [0.717, 1.165) is 29.1 Å². The maximum absolute atomic E-state index is 12.0. The quantitative estimate of drug-likeness (QED) is 0.420. The van der Waals surface area contributed by atoms with Crippen LogP contribution in [0.4, 0.5) is 0 Å². The molecule has 24 heavy (non-hydrogen) atoms. The van der Waals surface area contributed by atoms with Crippen molar-refractivity contribution in [1.82, 2.24) is 0 Å². The first kappa shape index (κ1) is 17.8. The highest BCUT2D eigenvalue weighted by Gasteiger charge is 2.21. The Morgan fingerprint density at radius 1 is 0.875 bits per heavy atom. The second kappa shape index (κ2) is 7.11. The number of thiophene rings is 2. The number of carbonyl (C=O) groups excluding carboxylic acids is 2. The van der Waals surface area contributed by atoms with Crippen molar-refractivity contribution < 1.29 is 19.1 Å². The molecular weight excluding hydrogens is 480 g/mol. The smallest absolute Gasteiger partial charge is 0.348 e. The Hall–Kier alpha value is -0.960. The fraction of sp³-hybridized carbons (Fsp3) is 0.250. The number of rotatable bonds is 4. The second-order valence-electron chi connectivity index (χ2n) is 4.78. The molecule has 1 aromatic carbocycles. The lowest BCUT2D eigenvalue weighted by Gasteiger charge is -2.00. The lowest BCUT2D eigenvalue weighted by molar-refractivity contribution is 0.0522. The van der Waals surface area contributed by atoms with Crippen molar-refractivity contribution in [1.29, 1.82) is 0 Å². The van der Waals surface area contributed by atoms with Crippen LogP contribution in [0.3, 0.4) is 0 Å². The topological polar surface area (TPSA) is 52.6 Å². The molecule has 2 heterocycles. The summed E-state index contributed by atoms with van der Waals surface area (Å²) in [5, 5.41) is 1.83. The minimum Gasteiger partial charge on any atom is -0.462 e. The summed E-state index contributed by atoms with van der Waals surface area (Å²) >= 11 is 9.95. The van der Waals surface area contributed by atoms with Crippen LogP contribution < -0.4 is 0 Å². The van der Waals surface area contributed by atoms with Gasteiger partial charge >= 0.3 is 11.9 Å². The molecule has 0 fully saturated rings. The van der Waals surface area contributed by atoms with E-state index in [4.69, 9.17) is 9.47 Å². The maximum Gasteiger partial charge on any atom is 0.348 e. The Bertz CT molecular complexity index is 827. The van der Waals surface area contributed by atoms with Gasteiger partial charge in [0.25, 0.3) is 0 Å². The maximum atomic E-state index is 12.0. The summed E-state index contributed by atoms with van der Waals surface area (Å²) in [5.41, 5.74) is 0. The summed E-state index contributed by atoms with van der Waals surface area (Å²) in [6.07, 6.45) is 0. The molecular formula is C16H12Br2O4S2. The Labute approximate surface area is 163 Å². The van der Waals surface area contributed by atoms with Crippen LogP contribution in [0, 0.1) is 0 Å². The van der Waals surface area contributed by atoms with E-state index in [1.807, 2.05) is 12.1 Å². The fourth-order valence-corrected chi connectivity index (χ4v) is 6.10. The molecule has 0 aliphatic rings. The predicted octanol–water partition coefficient (Wildman–Crippen LogP) is 5.99. The van der Waals surface area contributed by atoms with Gasteiger partial charge < -0.3 is 9.47 Å². The van der Waals surface area contributed by atoms with Crippen molar-refractivity contribution in [3.63, 3.8) is 0 Å². The van der Waals surface area contributed by atoms with Crippen LogP contribution in [0.5, 0.6) is 0 Å². The summed E-state index contributed by atoms with van der Waals surface area (Å²) in [5.74, 6) is -0.652. The van der Waals surface area contributed by atoms with Gasteiger partial charge in [0.05, 0.1) is 22.6 Å². The van der Waals surface area contributed by atoms with Crippen LogP contribution in [-0.2, 0) is 9.47 Å². The zero-order chi connectivity index (χ0) is 17.4. The number of fused-ring (bicyclic) bond motifs is 2. The van der Waals surface area contributed by atoms with Crippen molar-refractivity contribution in [3.05, 3.63) is 30.8 Å². The van der Waals surface area contributed by atoms with Crippen molar-refractivity contribution in [3.8, 4) is 0 Å². The van der Waals surface area contributed by atoms with Gasteiger partial charge in [-0.15, -0.1) is 22.7 Å². The van der Waals surface area contributed by atoms with Gasteiger partial charge in [-0.1, -0.05) is 0 Å². The van der Waals surface area contributed by atoms with E-state index in [2.05, 4.69) is 31.9 Å². The molecule has 3 aromatic rings. The van der Waals surface area contributed by atoms with Gasteiger partial charge in [0, 0.05) is 19.7 Å². The minimum absolute atomic E-state index is 0.326. The summed E-state index contributed by atoms with van der Waals surface area (Å²) in [6.45, 7) is 4.24. The average molecular weight is 492 g/mol. The first-order valence-corrected chi connectivity index (χ1v) is 10.4. The summed E-state index contributed by atoms with van der Waals surface area (Å²) in [4.78, 5) is 25.1. The van der Waals surface area contributed by atoms with Crippen molar-refractivity contribution in [2.45, 2.75) is 13.8 Å². The number of ether oxygens (including phenoxy) is 2. The molecule has 8 heteroatoms. The lowest BCUT2D eigenvalue weighted by atomic mass is 10.2. The van der Waals surface area contributed by atoms with Crippen molar-refractivity contribution in [2.24, 2.45) is 0 Å². The van der Waals surface area contributed by atoms with Crippen LogP contribution >= 0.6 is 54.5 Å². The molecule has 0 atom stereocenters. The molecule has 0 unspecified atom stereocenters. The summed E-state index contributed by atoms with van der Waals surface area (Å²) in [6, 6.07) is 3.63. The normalized spacial score (nSPS) is 11.2. The second-order valence-corrected chi connectivity index (χ2v) is 8.47. The van der Waals surface area contributed by atoms with Gasteiger partial charge in [-0.25, -0.2) is 9.59 Å². The Balaban J connectivity index is 2.19.